The van der Waals surface area contributed by atoms with Gasteiger partial charge in [0.2, 0.25) is 0 Å². The number of aromatic nitrogens is 4. The van der Waals surface area contributed by atoms with Gasteiger partial charge in [-0.2, -0.15) is 5.10 Å². The molecule has 0 fully saturated rings. The van der Waals surface area contributed by atoms with Crippen LogP contribution in [0, 0.1) is 0 Å². The number of nitrogen functional groups attached to an aromatic ring is 1. The maximum atomic E-state index is 5.62. The van der Waals surface area contributed by atoms with Gasteiger partial charge in [0.25, 0.3) is 0 Å². The van der Waals surface area contributed by atoms with Crippen molar-refractivity contribution in [1.82, 2.24) is 20.2 Å². The van der Waals surface area contributed by atoms with Crippen LogP contribution in [0.1, 0.15) is 0 Å². The van der Waals surface area contributed by atoms with Crippen molar-refractivity contribution in [1.29, 1.82) is 0 Å². The van der Waals surface area contributed by atoms with E-state index < -0.39 is 0 Å². The molecule has 0 aliphatic heterocycles. The summed E-state index contributed by atoms with van der Waals surface area (Å²) in [6, 6.07) is 7.46. The van der Waals surface area contributed by atoms with Gasteiger partial charge in [-0.15, -0.1) is 0 Å². The number of aromatic amines is 1. The van der Waals surface area contributed by atoms with E-state index in [4.69, 9.17) is 5.73 Å². The number of benzene rings is 1. The Morgan fingerprint density at radius 2 is 1.88 bits per heavy atom. The van der Waals surface area contributed by atoms with Crippen molar-refractivity contribution in [3.05, 3.63) is 36.7 Å². The van der Waals surface area contributed by atoms with E-state index in [9.17, 15) is 0 Å². The van der Waals surface area contributed by atoms with E-state index >= 15 is 0 Å². The molecule has 0 aliphatic rings. The molecular weight excluding hydrogens is 202 g/mol. The zero-order valence-corrected chi connectivity index (χ0v) is 8.38. The second-order valence-electron chi connectivity index (χ2n) is 3.48. The van der Waals surface area contributed by atoms with Crippen molar-refractivity contribution in [2.45, 2.75) is 0 Å². The van der Waals surface area contributed by atoms with Crippen LogP contribution in [0.25, 0.3) is 22.4 Å². The molecule has 0 saturated carbocycles. The lowest BCUT2D eigenvalue weighted by Crippen LogP contribution is -1.89. The normalized spacial score (nSPS) is 10.8. The summed E-state index contributed by atoms with van der Waals surface area (Å²) >= 11 is 0. The van der Waals surface area contributed by atoms with E-state index in [0.29, 0.717) is 5.82 Å². The van der Waals surface area contributed by atoms with Crippen molar-refractivity contribution in [3.63, 3.8) is 0 Å². The molecule has 0 spiro atoms. The third kappa shape index (κ3) is 1.38. The highest BCUT2D eigenvalue weighted by atomic mass is 15.1. The number of nitrogens with zero attached hydrogens (tertiary/aromatic N) is 3. The first-order valence-electron chi connectivity index (χ1n) is 4.85. The largest absolute Gasteiger partial charge is 0.399 e. The average Bonchev–Trinajstić information content (AvgIpc) is 2.77. The standard InChI is InChI=1S/C11H9N5/c12-8-3-1-7(2-4-8)11-13-5-10-9(15-11)6-14-16-10/h1-6H,12H2,(H,14,16). The third-order valence-electron chi connectivity index (χ3n) is 2.36. The van der Waals surface area contributed by atoms with Crippen LogP contribution in [0.15, 0.2) is 36.7 Å². The number of fused-ring (bicyclic) bond motifs is 1. The predicted octanol–water partition coefficient (Wildman–Crippen LogP) is 1.60. The maximum Gasteiger partial charge on any atom is 0.159 e. The minimum atomic E-state index is 0.675. The number of nitrogens with one attached hydrogen (secondary N) is 1. The summed E-state index contributed by atoms with van der Waals surface area (Å²) < 4.78 is 0. The van der Waals surface area contributed by atoms with Gasteiger partial charge in [-0.3, -0.25) is 5.10 Å². The van der Waals surface area contributed by atoms with Crippen LogP contribution < -0.4 is 5.73 Å². The highest BCUT2D eigenvalue weighted by molar-refractivity contribution is 5.74. The van der Waals surface area contributed by atoms with Crippen molar-refractivity contribution >= 4 is 16.7 Å². The average molecular weight is 211 g/mol. The first-order valence-corrected chi connectivity index (χ1v) is 4.85. The Morgan fingerprint density at radius 1 is 1.06 bits per heavy atom. The lowest BCUT2D eigenvalue weighted by atomic mass is 10.2. The number of anilines is 1. The lowest BCUT2D eigenvalue weighted by Gasteiger charge is -1.99. The molecule has 78 valence electrons. The third-order valence-corrected chi connectivity index (χ3v) is 2.36. The van der Waals surface area contributed by atoms with E-state index in [1.807, 2.05) is 24.3 Å². The van der Waals surface area contributed by atoms with Crippen LogP contribution in [0.4, 0.5) is 5.69 Å². The summed E-state index contributed by atoms with van der Waals surface area (Å²) in [7, 11) is 0. The zero-order valence-electron chi connectivity index (χ0n) is 8.38. The fraction of sp³-hybridized carbons (Fsp3) is 0. The summed E-state index contributed by atoms with van der Waals surface area (Å²) in [5.41, 5.74) is 8.93. The smallest absolute Gasteiger partial charge is 0.159 e. The number of H-pyrrole nitrogens is 1. The molecule has 16 heavy (non-hydrogen) atoms. The van der Waals surface area contributed by atoms with Crippen LogP contribution in [0.2, 0.25) is 0 Å². The Bertz CT molecular complexity index is 626. The van der Waals surface area contributed by atoms with E-state index in [0.717, 1.165) is 22.3 Å². The fourth-order valence-corrected chi connectivity index (χ4v) is 1.51. The highest BCUT2D eigenvalue weighted by Crippen LogP contribution is 2.18. The van der Waals surface area contributed by atoms with Gasteiger partial charge in [0.05, 0.1) is 12.4 Å². The summed E-state index contributed by atoms with van der Waals surface area (Å²) in [4.78, 5) is 8.65. The molecule has 0 bridgehead atoms. The molecule has 5 heteroatoms. The number of rotatable bonds is 1. The zero-order chi connectivity index (χ0) is 11.0. The quantitative estimate of drug-likeness (QED) is 0.599. The Morgan fingerprint density at radius 3 is 2.69 bits per heavy atom. The van der Waals surface area contributed by atoms with Gasteiger partial charge in [0.15, 0.2) is 5.82 Å². The molecule has 5 nitrogen and oxygen atoms in total. The molecule has 0 unspecified atom stereocenters. The van der Waals surface area contributed by atoms with Gasteiger partial charge in [-0.1, -0.05) is 0 Å². The van der Waals surface area contributed by atoms with Crippen LogP contribution in [-0.4, -0.2) is 20.2 Å². The SMILES string of the molecule is Nc1ccc(-c2ncc3[nH]ncc3n2)cc1. The van der Waals surface area contributed by atoms with Gasteiger partial charge in [0, 0.05) is 11.3 Å². The first-order chi connectivity index (χ1) is 7.83. The summed E-state index contributed by atoms with van der Waals surface area (Å²) in [6.07, 6.45) is 3.40. The van der Waals surface area contributed by atoms with Crippen LogP contribution in [-0.2, 0) is 0 Å². The topological polar surface area (TPSA) is 80.5 Å². The molecule has 3 N–H and O–H groups in total. The van der Waals surface area contributed by atoms with Gasteiger partial charge in [-0.25, -0.2) is 9.97 Å². The van der Waals surface area contributed by atoms with Gasteiger partial charge in [-0.05, 0) is 24.3 Å². The van der Waals surface area contributed by atoms with Crippen molar-refractivity contribution in [2.75, 3.05) is 5.73 Å². The maximum absolute atomic E-state index is 5.62. The Labute approximate surface area is 91.3 Å². The van der Waals surface area contributed by atoms with Gasteiger partial charge in [0.1, 0.15) is 11.0 Å². The molecule has 2 aromatic heterocycles. The van der Waals surface area contributed by atoms with E-state index in [2.05, 4.69) is 20.2 Å². The fourth-order valence-electron chi connectivity index (χ4n) is 1.51. The second kappa shape index (κ2) is 3.30. The second-order valence-corrected chi connectivity index (χ2v) is 3.48. The summed E-state index contributed by atoms with van der Waals surface area (Å²) in [6.45, 7) is 0. The predicted molar refractivity (Wildman–Crippen MR) is 61.5 cm³/mol. The summed E-state index contributed by atoms with van der Waals surface area (Å²) in [5.74, 6) is 0.675. The molecule has 3 aromatic rings. The van der Waals surface area contributed by atoms with Crippen LogP contribution in [0.5, 0.6) is 0 Å². The molecule has 3 rings (SSSR count). The van der Waals surface area contributed by atoms with Crippen LogP contribution in [0.3, 0.4) is 0 Å². The van der Waals surface area contributed by atoms with Gasteiger partial charge >= 0.3 is 0 Å². The minimum Gasteiger partial charge on any atom is -0.399 e. The molecule has 0 aliphatic carbocycles. The lowest BCUT2D eigenvalue weighted by molar-refractivity contribution is 1.11. The van der Waals surface area contributed by atoms with Crippen molar-refractivity contribution < 1.29 is 0 Å². The molecule has 0 saturated heterocycles. The Balaban J connectivity index is 2.14. The monoisotopic (exact) mass is 211 g/mol. The van der Waals surface area contributed by atoms with E-state index in [1.54, 1.807) is 12.4 Å². The molecule has 0 amide bonds. The number of hydrogen-bond acceptors (Lipinski definition) is 4. The van der Waals surface area contributed by atoms with Gasteiger partial charge < -0.3 is 5.73 Å². The van der Waals surface area contributed by atoms with Crippen LogP contribution >= 0.6 is 0 Å². The molecule has 0 atom stereocenters. The highest BCUT2D eigenvalue weighted by Gasteiger charge is 2.03. The van der Waals surface area contributed by atoms with Crippen molar-refractivity contribution in [2.24, 2.45) is 0 Å². The van der Waals surface area contributed by atoms with E-state index in [1.165, 1.54) is 0 Å². The minimum absolute atomic E-state index is 0.675. The first kappa shape index (κ1) is 8.84. The number of nitrogens with two attached hydrogens (primary N) is 1. The van der Waals surface area contributed by atoms with E-state index in [-0.39, 0.29) is 0 Å². The Hall–Kier alpha value is -2.43. The Kier molecular flexibility index (Phi) is 1.83. The number of hydrogen-bond donors (Lipinski definition) is 2. The summed E-state index contributed by atoms with van der Waals surface area (Å²) in [5, 5.41) is 6.72. The molecular formula is C11H9N5. The van der Waals surface area contributed by atoms with Crippen molar-refractivity contribution in [3.8, 4) is 11.4 Å². The molecule has 2 heterocycles. The molecule has 0 radical (unpaired) electrons. The molecule has 1 aromatic carbocycles.